The maximum Gasteiger partial charge on any atom is 0.271 e. The number of thiocarbonyl (C=S) groups is 1. The van der Waals surface area contributed by atoms with Crippen molar-refractivity contribution >= 4 is 46.1 Å². The minimum absolute atomic E-state index is 0.0331. The molecule has 7 nitrogen and oxygen atoms in total. The average Bonchev–Trinajstić information content (AvgIpc) is 3.07. The van der Waals surface area contributed by atoms with E-state index in [1.807, 2.05) is 43.3 Å². The normalized spacial score (nSPS) is 14.6. The predicted molar refractivity (Wildman–Crippen MR) is 137 cm³/mol. The van der Waals surface area contributed by atoms with Gasteiger partial charge in [0.1, 0.15) is 16.0 Å². The van der Waals surface area contributed by atoms with Gasteiger partial charge >= 0.3 is 0 Å². The van der Waals surface area contributed by atoms with Crippen molar-refractivity contribution in [3.63, 3.8) is 0 Å². The van der Waals surface area contributed by atoms with Crippen molar-refractivity contribution in [1.82, 2.24) is 9.47 Å². The molecule has 1 amide bonds. The molecule has 0 radical (unpaired) electrons. The second kappa shape index (κ2) is 11.3. The first-order chi connectivity index (χ1) is 16.3. The molecule has 1 N–H and O–H groups in total. The molecule has 2 heterocycles. The van der Waals surface area contributed by atoms with Crippen LogP contribution in [-0.4, -0.2) is 37.1 Å². The number of carbonyl (C=O) groups is 2. The van der Waals surface area contributed by atoms with Gasteiger partial charge in [-0.2, -0.15) is 5.26 Å². The van der Waals surface area contributed by atoms with Gasteiger partial charge in [0.2, 0.25) is 5.88 Å². The number of hydrogen-bond donors (Lipinski definition) is 1. The Kier molecular flexibility index (Phi) is 8.42. The van der Waals surface area contributed by atoms with E-state index in [9.17, 15) is 24.8 Å². The Morgan fingerprint density at radius 3 is 2.56 bits per heavy atom. The van der Waals surface area contributed by atoms with Crippen molar-refractivity contribution in [1.29, 1.82) is 5.26 Å². The van der Waals surface area contributed by atoms with E-state index in [0.29, 0.717) is 15.6 Å². The minimum Gasteiger partial charge on any atom is -0.494 e. The lowest BCUT2D eigenvalue weighted by Crippen LogP contribution is -2.31. The zero-order valence-electron chi connectivity index (χ0n) is 19.0. The highest BCUT2D eigenvalue weighted by Gasteiger charge is 2.33. The molecule has 1 aliphatic rings. The molecule has 1 aromatic heterocycles. The highest BCUT2D eigenvalue weighted by molar-refractivity contribution is 8.26. The lowest BCUT2D eigenvalue weighted by atomic mass is 9.99. The smallest absolute Gasteiger partial charge is 0.271 e. The van der Waals surface area contributed by atoms with Crippen molar-refractivity contribution in [2.75, 3.05) is 6.54 Å². The minimum atomic E-state index is -0.604. The van der Waals surface area contributed by atoms with E-state index < -0.39 is 17.2 Å². The molecule has 176 valence electrons. The van der Waals surface area contributed by atoms with Crippen LogP contribution >= 0.6 is 24.0 Å². The molecule has 0 spiro atoms. The number of unbranched alkanes of at least 4 members (excludes halogenated alkanes) is 2. The summed E-state index contributed by atoms with van der Waals surface area (Å²) in [6, 6.07) is 11.3. The summed E-state index contributed by atoms with van der Waals surface area (Å²) in [4.78, 5) is 40.4. The van der Waals surface area contributed by atoms with E-state index in [-0.39, 0.29) is 42.1 Å². The monoisotopic (exact) mass is 495 g/mol. The second-order valence-corrected chi connectivity index (χ2v) is 9.57. The standard InChI is InChI=1S/C25H25N3O4S2/c1-3-4-8-12-27-22(30)18(15-26)16(2)21(24(27)32)19(29)11-13-28-23(31)20(34-25(28)33)14-17-9-6-5-7-10-17/h5-7,9-10,14,32H,3-4,8,11-13H2,1-2H3/b20-14-. The maximum absolute atomic E-state index is 13.1. The molecule has 2 aromatic rings. The number of carbonyl (C=O) groups excluding carboxylic acids is 2. The molecule has 0 saturated carbocycles. The van der Waals surface area contributed by atoms with Gasteiger partial charge in [-0.25, -0.2) is 0 Å². The fraction of sp³-hybridized carbons (Fsp3) is 0.320. The van der Waals surface area contributed by atoms with Crippen LogP contribution in [0.5, 0.6) is 5.88 Å². The lowest BCUT2D eigenvalue weighted by Gasteiger charge is -2.17. The molecule has 0 atom stereocenters. The molecule has 1 aromatic carbocycles. The van der Waals surface area contributed by atoms with Gasteiger partial charge in [0.25, 0.3) is 11.5 Å². The van der Waals surface area contributed by atoms with Gasteiger partial charge in [-0.15, -0.1) is 0 Å². The van der Waals surface area contributed by atoms with Crippen molar-refractivity contribution in [2.45, 2.75) is 46.1 Å². The highest BCUT2D eigenvalue weighted by Crippen LogP contribution is 2.33. The van der Waals surface area contributed by atoms with Crippen LogP contribution in [0.1, 0.15) is 59.7 Å². The molecular weight excluding hydrogens is 470 g/mol. The van der Waals surface area contributed by atoms with Gasteiger partial charge in [0, 0.05) is 19.5 Å². The first kappa shape index (κ1) is 25.4. The van der Waals surface area contributed by atoms with Crippen molar-refractivity contribution < 1.29 is 14.7 Å². The van der Waals surface area contributed by atoms with Gasteiger partial charge in [0.05, 0.1) is 10.5 Å². The molecule has 0 bridgehead atoms. The highest BCUT2D eigenvalue weighted by atomic mass is 32.2. The van der Waals surface area contributed by atoms with Gasteiger partial charge in [-0.05, 0) is 30.5 Å². The molecule has 3 rings (SSSR count). The van der Waals surface area contributed by atoms with E-state index in [0.717, 1.165) is 23.0 Å². The first-order valence-corrected chi connectivity index (χ1v) is 12.2. The Hall–Kier alpha value is -3.22. The summed E-state index contributed by atoms with van der Waals surface area (Å²) >= 11 is 6.52. The van der Waals surface area contributed by atoms with Crippen LogP contribution in [0.25, 0.3) is 6.08 Å². The molecule has 34 heavy (non-hydrogen) atoms. The largest absolute Gasteiger partial charge is 0.494 e. The molecule has 1 fully saturated rings. The Labute approximate surface area is 207 Å². The quantitative estimate of drug-likeness (QED) is 0.238. The summed E-state index contributed by atoms with van der Waals surface area (Å²) in [5.41, 5.74) is 0.199. The summed E-state index contributed by atoms with van der Waals surface area (Å²) < 4.78 is 1.44. The number of rotatable bonds is 9. The van der Waals surface area contributed by atoms with Crippen LogP contribution in [0.2, 0.25) is 0 Å². The number of pyridine rings is 1. The van der Waals surface area contributed by atoms with Gasteiger partial charge < -0.3 is 5.11 Å². The Bertz CT molecular complexity index is 1260. The predicted octanol–water partition coefficient (Wildman–Crippen LogP) is 4.40. The SMILES string of the molecule is CCCCCn1c(O)c(C(=O)CCN2C(=O)/C(=C/c3ccccc3)SC2=S)c(C)c(C#N)c1=O. The number of aromatic hydroxyl groups is 1. The third kappa shape index (κ3) is 5.29. The van der Waals surface area contributed by atoms with Crippen molar-refractivity contribution in [2.24, 2.45) is 0 Å². The zero-order valence-corrected chi connectivity index (χ0v) is 20.7. The van der Waals surface area contributed by atoms with Gasteiger partial charge in [-0.3, -0.25) is 23.9 Å². The number of nitrogens with zero attached hydrogens (tertiary/aromatic N) is 3. The van der Waals surface area contributed by atoms with Crippen molar-refractivity contribution in [3.05, 3.63) is 67.8 Å². The number of thioether (sulfide) groups is 1. The van der Waals surface area contributed by atoms with E-state index in [2.05, 4.69) is 0 Å². The number of benzene rings is 1. The fourth-order valence-electron chi connectivity index (χ4n) is 3.74. The van der Waals surface area contributed by atoms with Gasteiger partial charge in [-0.1, -0.05) is 74.1 Å². The lowest BCUT2D eigenvalue weighted by molar-refractivity contribution is -0.122. The van der Waals surface area contributed by atoms with Crippen molar-refractivity contribution in [3.8, 4) is 11.9 Å². The van der Waals surface area contributed by atoms with E-state index >= 15 is 0 Å². The van der Waals surface area contributed by atoms with Crippen LogP contribution in [0.3, 0.4) is 0 Å². The Balaban J connectivity index is 1.82. The molecule has 1 saturated heterocycles. The van der Waals surface area contributed by atoms with Crippen LogP contribution in [0, 0.1) is 18.3 Å². The molecule has 9 heteroatoms. The summed E-state index contributed by atoms with van der Waals surface area (Å²) in [5, 5.41) is 20.2. The summed E-state index contributed by atoms with van der Waals surface area (Å²) in [6.45, 7) is 3.74. The number of ketones is 1. The zero-order chi connectivity index (χ0) is 24.8. The summed E-state index contributed by atoms with van der Waals surface area (Å²) in [6.07, 6.45) is 4.03. The van der Waals surface area contributed by atoms with E-state index in [1.54, 1.807) is 6.08 Å². The topological polar surface area (TPSA) is 103 Å². The third-order valence-corrected chi connectivity index (χ3v) is 6.98. The van der Waals surface area contributed by atoms with E-state index in [4.69, 9.17) is 12.2 Å². The van der Waals surface area contributed by atoms with Crippen LogP contribution < -0.4 is 5.56 Å². The molecule has 0 unspecified atom stereocenters. The van der Waals surface area contributed by atoms with Crippen LogP contribution in [-0.2, 0) is 11.3 Å². The number of nitriles is 1. The Morgan fingerprint density at radius 2 is 1.91 bits per heavy atom. The second-order valence-electron chi connectivity index (χ2n) is 7.89. The van der Waals surface area contributed by atoms with E-state index in [1.165, 1.54) is 23.6 Å². The molecule has 0 aliphatic carbocycles. The van der Waals surface area contributed by atoms with Crippen LogP contribution in [0.15, 0.2) is 40.0 Å². The van der Waals surface area contributed by atoms with Crippen LogP contribution in [0.4, 0.5) is 0 Å². The summed E-state index contributed by atoms with van der Waals surface area (Å²) in [7, 11) is 0. The molecular formula is C25H25N3O4S2. The maximum atomic E-state index is 13.1. The summed E-state index contributed by atoms with van der Waals surface area (Å²) in [5.74, 6) is -1.18. The Morgan fingerprint density at radius 1 is 1.21 bits per heavy atom. The van der Waals surface area contributed by atoms with Gasteiger partial charge in [0.15, 0.2) is 5.78 Å². The number of hydrogen-bond acceptors (Lipinski definition) is 7. The molecule has 1 aliphatic heterocycles. The third-order valence-electron chi connectivity index (χ3n) is 5.60. The first-order valence-electron chi connectivity index (χ1n) is 11.0. The average molecular weight is 496 g/mol. The number of Topliss-reactive ketones (excluding diaryl/α,β-unsaturated/α-hetero) is 1. The fourth-order valence-corrected chi connectivity index (χ4v) is 5.05. The number of aromatic nitrogens is 1. The number of amides is 1.